The smallest absolute Gasteiger partial charge is 0.332 e. The Balaban J connectivity index is 1.90. The molecule has 102 valence electrons. The van der Waals surface area contributed by atoms with Crippen LogP contribution in [-0.2, 0) is 14.3 Å². The number of hydrogen-bond acceptors (Lipinski definition) is 4. The van der Waals surface area contributed by atoms with Gasteiger partial charge in [-0.05, 0) is 37.5 Å². The number of pyridine rings is 1. The molecule has 2 N–H and O–H groups in total. The van der Waals surface area contributed by atoms with E-state index in [0.29, 0.717) is 12.8 Å². The minimum absolute atomic E-state index is 0.164. The lowest BCUT2D eigenvalue weighted by atomic mass is 10.1. The Morgan fingerprint density at radius 2 is 2.00 bits per heavy atom. The normalized spacial score (nSPS) is 23.8. The fourth-order valence-electron chi connectivity index (χ4n) is 2.05. The first kappa shape index (κ1) is 13.5. The third-order valence-electron chi connectivity index (χ3n) is 3.15. The summed E-state index contributed by atoms with van der Waals surface area (Å²) >= 11 is 0. The molecule has 1 amide bonds. The monoisotopic (exact) mass is 264 g/mol. The second-order valence-electron chi connectivity index (χ2n) is 4.54. The van der Waals surface area contributed by atoms with Crippen molar-refractivity contribution < 1.29 is 19.4 Å². The molecule has 3 atom stereocenters. The molecular formula is C13H16N2O4. The highest BCUT2D eigenvalue weighted by Gasteiger charge is 2.35. The Bertz CT molecular complexity index is 463. The van der Waals surface area contributed by atoms with E-state index in [2.05, 4.69) is 10.3 Å². The fourth-order valence-corrected chi connectivity index (χ4v) is 2.05. The first-order chi connectivity index (χ1) is 9.08. The van der Waals surface area contributed by atoms with Crippen molar-refractivity contribution in [1.29, 1.82) is 0 Å². The number of ether oxygens (including phenoxy) is 1. The van der Waals surface area contributed by atoms with Gasteiger partial charge in [-0.1, -0.05) is 0 Å². The Kier molecular flexibility index (Phi) is 4.11. The molecule has 6 nitrogen and oxygen atoms in total. The van der Waals surface area contributed by atoms with Gasteiger partial charge in [-0.15, -0.1) is 0 Å². The summed E-state index contributed by atoms with van der Waals surface area (Å²) < 4.78 is 5.20. The maximum atomic E-state index is 12.0. The van der Waals surface area contributed by atoms with Crippen LogP contribution in [0.5, 0.6) is 0 Å². The van der Waals surface area contributed by atoms with E-state index in [-0.39, 0.29) is 11.9 Å². The Morgan fingerprint density at radius 3 is 2.58 bits per heavy atom. The van der Waals surface area contributed by atoms with Crippen molar-refractivity contribution in [3.8, 4) is 0 Å². The molecule has 2 unspecified atom stereocenters. The van der Waals surface area contributed by atoms with E-state index in [1.165, 1.54) is 0 Å². The van der Waals surface area contributed by atoms with E-state index in [1.54, 1.807) is 12.4 Å². The van der Waals surface area contributed by atoms with Crippen LogP contribution >= 0.6 is 0 Å². The van der Waals surface area contributed by atoms with Crippen molar-refractivity contribution in [3.05, 3.63) is 30.1 Å². The highest BCUT2D eigenvalue weighted by molar-refractivity contribution is 5.82. The fraction of sp³-hybridized carbons (Fsp3) is 0.462. The molecule has 1 aromatic heterocycles. The van der Waals surface area contributed by atoms with Gasteiger partial charge in [0.05, 0.1) is 6.04 Å². The third kappa shape index (κ3) is 3.29. The maximum Gasteiger partial charge on any atom is 0.332 e. The molecular weight excluding hydrogens is 248 g/mol. The maximum absolute atomic E-state index is 12.0. The van der Waals surface area contributed by atoms with Crippen LogP contribution in [0.3, 0.4) is 0 Å². The highest BCUT2D eigenvalue weighted by atomic mass is 16.5. The van der Waals surface area contributed by atoms with Crippen molar-refractivity contribution in [1.82, 2.24) is 10.3 Å². The molecule has 1 fully saturated rings. The Labute approximate surface area is 110 Å². The number of aliphatic carboxylic acids is 1. The number of aromatic nitrogens is 1. The Morgan fingerprint density at radius 1 is 1.37 bits per heavy atom. The minimum atomic E-state index is -1.02. The number of carbonyl (C=O) groups is 2. The van der Waals surface area contributed by atoms with E-state index < -0.39 is 18.2 Å². The van der Waals surface area contributed by atoms with Gasteiger partial charge >= 0.3 is 5.97 Å². The first-order valence-corrected chi connectivity index (χ1v) is 6.16. The molecule has 0 saturated carbocycles. The van der Waals surface area contributed by atoms with Crippen LogP contribution in [-0.4, -0.2) is 34.2 Å². The number of hydrogen-bond donors (Lipinski definition) is 2. The molecule has 0 radical (unpaired) electrons. The lowest BCUT2D eigenvalue weighted by Gasteiger charge is -2.17. The number of carbonyl (C=O) groups excluding carboxylic acids is 1. The molecule has 0 bridgehead atoms. The van der Waals surface area contributed by atoms with Crippen molar-refractivity contribution in [3.63, 3.8) is 0 Å². The second kappa shape index (κ2) is 5.79. The van der Waals surface area contributed by atoms with Crippen LogP contribution in [0.25, 0.3) is 0 Å². The quantitative estimate of drug-likeness (QED) is 0.843. The molecule has 1 aromatic rings. The summed E-state index contributed by atoms with van der Waals surface area (Å²) in [7, 11) is 0. The van der Waals surface area contributed by atoms with Gasteiger partial charge in [0.2, 0.25) is 5.91 Å². The predicted molar refractivity (Wildman–Crippen MR) is 66.3 cm³/mol. The second-order valence-corrected chi connectivity index (χ2v) is 4.54. The summed E-state index contributed by atoms with van der Waals surface area (Å²) in [6, 6.07) is 3.48. The van der Waals surface area contributed by atoms with Crippen molar-refractivity contribution in [2.75, 3.05) is 0 Å². The largest absolute Gasteiger partial charge is 0.479 e. The van der Waals surface area contributed by atoms with Gasteiger partial charge in [-0.25, -0.2) is 4.79 Å². The molecule has 6 heteroatoms. The summed E-state index contributed by atoms with van der Waals surface area (Å²) in [6.45, 7) is 1.86. The number of amides is 1. The topological polar surface area (TPSA) is 88.5 Å². The lowest BCUT2D eigenvalue weighted by molar-refractivity contribution is -0.151. The molecule has 0 aromatic carbocycles. The van der Waals surface area contributed by atoms with E-state index in [4.69, 9.17) is 9.84 Å². The molecule has 1 saturated heterocycles. The molecule has 2 heterocycles. The van der Waals surface area contributed by atoms with Gasteiger partial charge in [0.15, 0.2) is 6.10 Å². The standard InChI is InChI=1S/C13H16N2O4/c1-8(9-4-6-14-7-5-9)15-12(16)10-2-3-11(19-10)13(17)18/h4-8,10-11H,2-3H2,1H3,(H,15,16)(H,17,18)/t8-,10?,11?/m0/s1. The highest BCUT2D eigenvalue weighted by Crippen LogP contribution is 2.21. The summed E-state index contributed by atoms with van der Waals surface area (Å²) in [5.74, 6) is -1.29. The van der Waals surface area contributed by atoms with Gasteiger partial charge < -0.3 is 15.2 Å². The molecule has 1 aliphatic rings. The number of rotatable bonds is 4. The number of nitrogens with one attached hydrogen (secondary N) is 1. The van der Waals surface area contributed by atoms with Gasteiger partial charge in [0.25, 0.3) is 0 Å². The average molecular weight is 264 g/mol. The van der Waals surface area contributed by atoms with Crippen LogP contribution in [0.4, 0.5) is 0 Å². The minimum Gasteiger partial charge on any atom is -0.479 e. The van der Waals surface area contributed by atoms with Gasteiger partial charge in [0, 0.05) is 12.4 Å². The number of nitrogens with zero attached hydrogens (tertiary/aromatic N) is 1. The molecule has 0 spiro atoms. The zero-order chi connectivity index (χ0) is 13.8. The average Bonchev–Trinajstić information content (AvgIpc) is 2.89. The van der Waals surface area contributed by atoms with Crippen LogP contribution in [0.2, 0.25) is 0 Å². The predicted octanol–water partition coefficient (Wildman–Crippen LogP) is 0.891. The summed E-state index contributed by atoms with van der Waals surface area (Å²) in [5, 5.41) is 11.6. The molecule has 1 aliphatic heterocycles. The summed E-state index contributed by atoms with van der Waals surface area (Å²) in [5.41, 5.74) is 0.941. The van der Waals surface area contributed by atoms with Gasteiger partial charge in [-0.3, -0.25) is 9.78 Å². The van der Waals surface area contributed by atoms with E-state index in [9.17, 15) is 9.59 Å². The van der Waals surface area contributed by atoms with Crippen molar-refractivity contribution in [2.24, 2.45) is 0 Å². The van der Waals surface area contributed by atoms with E-state index >= 15 is 0 Å². The van der Waals surface area contributed by atoms with Crippen molar-refractivity contribution in [2.45, 2.75) is 38.0 Å². The zero-order valence-electron chi connectivity index (χ0n) is 10.6. The SMILES string of the molecule is C[C@H](NC(=O)C1CCC(C(=O)O)O1)c1ccncc1. The number of carboxylic acid groups (broad SMARTS) is 1. The van der Waals surface area contributed by atoms with Crippen molar-refractivity contribution >= 4 is 11.9 Å². The van der Waals surface area contributed by atoms with E-state index in [0.717, 1.165) is 5.56 Å². The Hall–Kier alpha value is -1.95. The summed E-state index contributed by atoms with van der Waals surface area (Å²) in [4.78, 5) is 26.6. The lowest BCUT2D eigenvalue weighted by Crippen LogP contribution is -2.37. The van der Waals surface area contributed by atoms with Crippen LogP contribution in [0.1, 0.15) is 31.4 Å². The zero-order valence-corrected chi connectivity index (χ0v) is 10.6. The van der Waals surface area contributed by atoms with Crippen LogP contribution in [0, 0.1) is 0 Å². The molecule has 19 heavy (non-hydrogen) atoms. The molecule has 0 aliphatic carbocycles. The van der Waals surface area contributed by atoms with Gasteiger partial charge in [-0.2, -0.15) is 0 Å². The molecule has 2 rings (SSSR count). The van der Waals surface area contributed by atoms with E-state index in [1.807, 2.05) is 19.1 Å². The number of carboxylic acids is 1. The van der Waals surface area contributed by atoms with Crippen LogP contribution in [0.15, 0.2) is 24.5 Å². The summed E-state index contributed by atoms with van der Waals surface area (Å²) in [6.07, 6.45) is 2.58. The van der Waals surface area contributed by atoms with Crippen LogP contribution < -0.4 is 5.32 Å². The van der Waals surface area contributed by atoms with Gasteiger partial charge in [0.1, 0.15) is 6.10 Å². The third-order valence-corrected chi connectivity index (χ3v) is 3.15. The first-order valence-electron chi connectivity index (χ1n) is 6.16.